The number of carboxylic acid groups (broad SMARTS) is 1. The molecule has 3 rings (SSSR count). The van der Waals surface area contributed by atoms with Gasteiger partial charge in [-0.15, -0.1) is 0 Å². The van der Waals surface area contributed by atoms with E-state index in [1.807, 2.05) is 54.6 Å². The molecule has 1 aliphatic rings. The molecule has 108 valence electrons. The Balaban J connectivity index is 1.50. The number of carboxylic acids is 1. The number of carbonyl (C=O) groups is 1. The highest BCUT2D eigenvalue weighted by Gasteiger charge is 2.43. The summed E-state index contributed by atoms with van der Waals surface area (Å²) in [6.07, 6.45) is 0.763. The van der Waals surface area contributed by atoms with Crippen LogP contribution in [0.4, 0.5) is 0 Å². The maximum atomic E-state index is 10.9. The molecule has 2 aromatic carbocycles. The summed E-state index contributed by atoms with van der Waals surface area (Å²) in [5.41, 5.74) is 3.40. The molecule has 1 saturated carbocycles. The van der Waals surface area contributed by atoms with E-state index in [0.717, 1.165) is 23.1 Å². The van der Waals surface area contributed by atoms with Gasteiger partial charge in [-0.2, -0.15) is 0 Å². The lowest BCUT2D eigenvalue weighted by molar-refractivity contribution is -0.138. The molecule has 0 radical (unpaired) electrons. The van der Waals surface area contributed by atoms with Crippen LogP contribution in [0.1, 0.15) is 29.0 Å². The maximum Gasteiger partial charge on any atom is 0.307 e. The van der Waals surface area contributed by atoms with Gasteiger partial charge in [0, 0.05) is 0 Å². The third-order valence-electron chi connectivity index (χ3n) is 3.90. The molecule has 1 aliphatic carbocycles. The molecule has 1 N–H and O–H groups in total. The van der Waals surface area contributed by atoms with Crippen molar-refractivity contribution in [3.63, 3.8) is 0 Å². The zero-order valence-electron chi connectivity index (χ0n) is 11.7. The number of hydrogen-bond donors (Lipinski definition) is 1. The van der Waals surface area contributed by atoms with E-state index in [0.29, 0.717) is 13.2 Å². The van der Waals surface area contributed by atoms with Crippen LogP contribution in [-0.4, -0.2) is 11.1 Å². The molecular weight excluding hydrogens is 264 g/mol. The fourth-order valence-corrected chi connectivity index (χ4v) is 2.56. The number of rotatable bonds is 6. The van der Waals surface area contributed by atoms with Crippen LogP contribution >= 0.6 is 0 Å². The topological polar surface area (TPSA) is 46.5 Å². The number of hydrogen-bond acceptors (Lipinski definition) is 2. The molecule has 0 aliphatic heterocycles. The monoisotopic (exact) mass is 282 g/mol. The second-order valence-electron chi connectivity index (χ2n) is 5.51. The van der Waals surface area contributed by atoms with Crippen LogP contribution in [-0.2, 0) is 22.7 Å². The Kier molecular flexibility index (Phi) is 4.02. The first-order valence-electron chi connectivity index (χ1n) is 7.17. The largest absolute Gasteiger partial charge is 0.481 e. The van der Waals surface area contributed by atoms with Gasteiger partial charge in [-0.1, -0.05) is 54.6 Å². The molecule has 0 heterocycles. The second-order valence-corrected chi connectivity index (χ2v) is 5.51. The quantitative estimate of drug-likeness (QED) is 0.880. The van der Waals surface area contributed by atoms with Gasteiger partial charge in [0.2, 0.25) is 0 Å². The van der Waals surface area contributed by atoms with Crippen molar-refractivity contribution in [2.75, 3.05) is 0 Å². The second kappa shape index (κ2) is 6.10. The van der Waals surface area contributed by atoms with Gasteiger partial charge in [-0.25, -0.2) is 0 Å². The summed E-state index contributed by atoms with van der Waals surface area (Å²) in [5.74, 6) is -0.678. The van der Waals surface area contributed by atoms with E-state index in [-0.39, 0.29) is 11.8 Å². The number of ether oxygens (including phenoxy) is 1. The fraction of sp³-hybridized carbons (Fsp3) is 0.278. The van der Waals surface area contributed by atoms with Crippen molar-refractivity contribution < 1.29 is 14.6 Å². The Morgan fingerprint density at radius 3 is 2.19 bits per heavy atom. The molecule has 21 heavy (non-hydrogen) atoms. The first kappa shape index (κ1) is 13.8. The molecule has 1 fully saturated rings. The van der Waals surface area contributed by atoms with Gasteiger partial charge < -0.3 is 9.84 Å². The molecular formula is C18H18O3. The molecule has 0 spiro atoms. The molecule has 3 heteroatoms. The zero-order chi connectivity index (χ0) is 14.7. The third kappa shape index (κ3) is 3.50. The lowest BCUT2D eigenvalue weighted by atomic mass is 10.1. The van der Waals surface area contributed by atoms with E-state index in [9.17, 15) is 4.79 Å². The predicted molar refractivity (Wildman–Crippen MR) is 79.9 cm³/mol. The Morgan fingerprint density at radius 1 is 1.00 bits per heavy atom. The summed E-state index contributed by atoms with van der Waals surface area (Å²) in [5, 5.41) is 8.94. The average Bonchev–Trinajstić information content (AvgIpc) is 3.30. The van der Waals surface area contributed by atoms with E-state index in [1.165, 1.54) is 0 Å². The third-order valence-corrected chi connectivity index (χ3v) is 3.90. The van der Waals surface area contributed by atoms with E-state index in [2.05, 4.69) is 0 Å². The van der Waals surface area contributed by atoms with Gasteiger partial charge in [0.05, 0.1) is 19.1 Å². The maximum absolute atomic E-state index is 10.9. The predicted octanol–water partition coefficient (Wildman–Crippen LogP) is 3.59. The van der Waals surface area contributed by atoms with Gasteiger partial charge in [0.15, 0.2) is 0 Å². The molecule has 3 nitrogen and oxygen atoms in total. The first-order valence-corrected chi connectivity index (χ1v) is 7.17. The minimum absolute atomic E-state index is 0.190. The molecule has 2 atom stereocenters. The standard InChI is InChI=1S/C18H18O3/c19-18(20)17-10-16(17)15-8-6-14(7-9-15)12-21-11-13-4-2-1-3-5-13/h1-9,16-17H,10-12H2,(H,19,20)/t16-,17?/m0/s1. The summed E-state index contributed by atoms with van der Waals surface area (Å²) in [7, 11) is 0. The molecule has 0 bridgehead atoms. The molecule has 0 amide bonds. The Labute approximate surface area is 124 Å². The minimum atomic E-state index is -0.685. The number of benzene rings is 2. The highest BCUT2D eigenvalue weighted by molar-refractivity contribution is 5.75. The average molecular weight is 282 g/mol. The van der Waals surface area contributed by atoms with Gasteiger partial charge in [0.1, 0.15) is 0 Å². The smallest absolute Gasteiger partial charge is 0.307 e. The van der Waals surface area contributed by atoms with Crippen molar-refractivity contribution in [1.29, 1.82) is 0 Å². The van der Waals surface area contributed by atoms with Crippen molar-refractivity contribution in [3.8, 4) is 0 Å². The van der Waals surface area contributed by atoms with Crippen molar-refractivity contribution in [2.24, 2.45) is 5.92 Å². The Bertz CT molecular complexity index is 604. The van der Waals surface area contributed by atoms with Gasteiger partial charge in [0.25, 0.3) is 0 Å². The SMILES string of the molecule is O=C(O)C1C[C@H]1c1ccc(COCc2ccccc2)cc1. The van der Waals surface area contributed by atoms with Crippen LogP contribution in [0.5, 0.6) is 0 Å². The summed E-state index contributed by atoms with van der Waals surface area (Å²) in [6, 6.07) is 18.2. The highest BCUT2D eigenvalue weighted by atomic mass is 16.5. The van der Waals surface area contributed by atoms with Crippen LogP contribution in [0, 0.1) is 5.92 Å². The lowest BCUT2D eigenvalue weighted by Gasteiger charge is -2.06. The molecule has 0 saturated heterocycles. The highest BCUT2D eigenvalue weighted by Crippen LogP contribution is 2.47. The van der Waals surface area contributed by atoms with Crippen molar-refractivity contribution >= 4 is 5.97 Å². The van der Waals surface area contributed by atoms with Crippen LogP contribution in [0.2, 0.25) is 0 Å². The van der Waals surface area contributed by atoms with Crippen LogP contribution in [0.3, 0.4) is 0 Å². The molecule has 1 unspecified atom stereocenters. The van der Waals surface area contributed by atoms with Crippen LogP contribution < -0.4 is 0 Å². The lowest BCUT2D eigenvalue weighted by Crippen LogP contribution is -1.99. The first-order chi connectivity index (χ1) is 10.2. The van der Waals surface area contributed by atoms with E-state index < -0.39 is 5.97 Å². The van der Waals surface area contributed by atoms with Crippen molar-refractivity contribution in [2.45, 2.75) is 25.6 Å². The van der Waals surface area contributed by atoms with E-state index in [1.54, 1.807) is 0 Å². The van der Waals surface area contributed by atoms with Crippen LogP contribution in [0.25, 0.3) is 0 Å². The van der Waals surface area contributed by atoms with Crippen LogP contribution in [0.15, 0.2) is 54.6 Å². The molecule has 0 aromatic heterocycles. The zero-order valence-corrected chi connectivity index (χ0v) is 11.7. The van der Waals surface area contributed by atoms with Gasteiger partial charge >= 0.3 is 5.97 Å². The van der Waals surface area contributed by atoms with Gasteiger partial charge in [-0.3, -0.25) is 4.79 Å². The van der Waals surface area contributed by atoms with E-state index in [4.69, 9.17) is 9.84 Å². The summed E-state index contributed by atoms with van der Waals surface area (Å²) in [4.78, 5) is 10.9. The summed E-state index contributed by atoms with van der Waals surface area (Å²) < 4.78 is 5.69. The Hall–Kier alpha value is -2.13. The normalized spacial score (nSPS) is 20.2. The molecule has 2 aromatic rings. The Morgan fingerprint density at radius 2 is 1.62 bits per heavy atom. The van der Waals surface area contributed by atoms with E-state index >= 15 is 0 Å². The minimum Gasteiger partial charge on any atom is -0.481 e. The van der Waals surface area contributed by atoms with Crippen molar-refractivity contribution in [3.05, 3.63) is 71.3 Å². The fourth-order valence-electron chi connectivity index (χ4n) is 2.56. The number of aliphatic carboxylic acids is 1. The summed E-state index contributed by atoms with van der Waals surface area (Å²) >= 11 is 0. The summed E-state index contributed by atoms with van der Waals surface area (Å²) in [6.45, 7) is 1.18. The van der Waals surface area contributed by atoms with Crippen molar-refractivity contribution in [1.82, 2.24) is 0 Å². The van der Waals surface area contributed by atoms with Gasteiger partial charge in [-0.05, 0) is 29.0 Å².